The van der Waals surface area contributed by atoms with Gasteiger partial charge >= 0.3 is 5.97 Å². The summed E-state index contributed by atoms with van der Waals surface area (Å²) in [4.78, 5) is 15.2. The molecule has 4 nitrogen and oxygen atoms in total. The number of carbonyl (C=O) groups is 1. The second-order valence-corrected chi connectivity index (χ2v) is 7.44. The number of benzene rings is 1. The fourth-order valence-electron chi connectivity index (χ4n) is 4.13. The summed E-state index contributed by atoms with van der Waals surface area (Å²) in [7, 11) is 0. The average molecular weight is 315 g/mol. The Balaban J connectivity index is 1.47. The van der Waals surface area contributed by atoms with Crippen molar-refractivity contribution in [3.8, 4) is 0 Å². The highest BCUT2D eigenvalue weighted by Gasteiger charge is 2.52. The Morgan fingerprint density at radius 2 is 1.87 bits per heavy atom. The van der Waals surface area contributed by atoms with Crippen molar-refractivity contribution in [2.24, 2.45) is 11.8 Å². The summed E-state index contributed by atoms with van der Waals surface area (Å²) in [6.07, 6.45) is 4.37. The van der Waals surface area contributed by atoms with E-state index in [-0.39, 0.29) is 12.0 Å². The van der Waals surface area contributed by atoms with Crippen LogP contribution >= 0.6 is 0 Å². The minimum Gasteiger partial charge on any atom is -0.459 e. The molecular formula is C19H25NO3. The first-order valence-electron chi connectivity index (χ1n) is 8.85. The maximum atomic E-state index is 12.8. The lowest BCUT2D eigenvalue weighted by atomic mass is 9.85. The van der Waals surface area contributed by atoms with Crippen molar-refractivity contribution in [1.82, 2.24) is 4.90 Å². The number of piperidine rings is 3. The van der Waals surface area contributed by atoms with Gasteiger partial charge in [-0.25, -0.2) is 4.79 Å². The van der Waals surface area contributed by atoms with Gasteiger partial charge in [0.1, 0.15) is 6.10 Å². The molecule has 0 spiro atoms. The van der Waals surface area contributed by atoms with E-state index in [1.54, 1.807) is 0 Å². The molecule has 3 aliphatic heterocycles. The Morgan fingerprint density at radius 1 is 1.17 bits per heavy atom. The summed E-state index contributed by atoms with van der Waals surface area (Å²) >= 11 is 0. The molecule has 124 valence electrons. The van der Waals surface area contributed by atoms with Crippen molar-refractivity contribution in [3.05, 3.63) is 35.9 Å². The highest BCUT2D eigenvalue weighted by Crippen LogP contribution is 2.43. The maximum absolute atomic E-state index is 12.8. The lowest BCUT2D eigenvalue weighted by Crippen LogP contribution is -2.54. The van der Waals surface area contributed by atoms with Crippen molar-refractivity contribution < 1.29 is 14.6 Å². The molecule has 0 radical (unpaired) electrons. The number of fused-ring (bicyclic) bond motifs is 3. The van der Waals surface area contributed by atoms with Crippen LogP contribution in [0.25, 0.3) is 0 Å². The van der Waals surface area contributed by atoms with Crippen molar-refractivity contribution in [3.63, 3.8) is 0 Å². The molecule has 0 aromatic heterocycles. The topological polar surface area (TPSA) is 49.8 Å². The number of hydrogen-bond donors (Lipinski definition) is 1. The zero-order valence-corrected chi connectivity index (χ0v) is 13.5. The van der Waals surface area contributed by atoms with Crippen LogP contribution in [0, 0.1) is 11.8 Å². The van der Waals surface area contributed by atoms with E-state index in [0.29, 0.717) is 12.3 Å². The van der Waals surface area contributed by atoms with E-state index in [0.717, 1.165) is 50.9 Å². The third kappa shape index (κ3) is 3.02. The van der Waals surface area contributed by atoms with Gasteiger partial charge in [-0.2, -0.15) is 0 Å². The normalized spacial score (nSPS) is 32.3. The Hall–Kier alpha value is -1.39. The van der Waals surface area contributed by atoms with E-state index >= 15 is 0 Å². The van der Waals surface area contributed by atoms with Crippen LogP contribution < -0.4 is 0 Å². The summed E-state index contributed by atoms with van der Waals surface area (Å²) in [6, 6.07) is 9.78. The van der Waals surface area contributed by atoms with Crippen molar-refractivity contribution in [2.45, 2.75) is 43.8 Å². The van der Waals surface area contributed by atoms with Gasteiger partial charge in [0.15, 0.2) is 5.60 Å². The SMILES string of the molecule is O=C(O[C@@H]1CN2CCC1CC2)[C@@](O)(Cc1ccccc1)C1CC1. The van der Waals surface area contributed by atoms with Gasteiger partial charge in [0.05, 0.1) is 0 Å². The highest BCUT2D eigenvalue weighted by atomic mass is 16.6. The third-order valence-electron chi connectivity index (χ3n) is 5.78. The van der Waals surface area contributed by atoms with Gasteiger partial charge in [0, 0.05) is 13.0 Å². The number of carbonyl (C=O) groups excluding carboxylic acids is 1. The first-order chi connectivity index (χ1) is 11.1. The van der Waals surface area contributed by atoms with Gasteiger partial charge in [-0.15, -0.1) is 0 Å². The fourth-order valence-corrected chi connectivity index (χ4v) is 4.13. The average Bonchev–Trinajstić information content (AvgIpc) is 3.42. The summed E-state index contributed by atoms with van der Waals surface area (Å²) in [6.45, 7) is 3.08. The monoisotopic (exact) mass is 315 g/mol. The third-order valence-corrected chi connectivity index (χ3v) is 5.78. The Morgan fingerprint density at radius 3 is 2.43 bits per heavy atom. The molecule has 1 aliphatic carbocycles. The predicted octanol–water partition coefficient (Wildman–Crippen LogP) is 2.01. The largest absolute Gasteiger partial charge is 0.459 e. The van der Waals surface area contributed by atoms with Gasteiger partial charge in [-0.05, 0) is 56.2 Å². The van der Waals surface area contributed by atoms with Crippen LogP contribution in [0.4, 0.5) is 0 Å². The number of rotatable bonds is 5. The van der Waals surface area contributed by atoms with E-state index in [1.165, 1.54) is 0 Å². The molecule has 4 fully saturated rings. The maximum Gasteiger partial charge on any atom is 0.339 e. The Labute approximate surface area is 137 Å². The predicted molar refractivity (Wildman–Crippen MR) is 86.9 cm³/mol. The molecule has 2 atom stereocenters. The standard InChI is InChI=1S/C19H25NO3/c21-18(23-17-13-20-10-8-15(17)9-11-20)19(22,16-6-7-16)12-14-4-2-1-3-5-14/h1-5,15-17,22H,6-13H2/t17-,19-/m1/s1. The van der Waals surface area contributed by atoms with Gasteiger partial charge in [0.25, 0.3) is 0 Å². The lowest BCUT2D eigenvalue weighted by Gasteiger charge is -2.44. The van der Waals surface area contributed by atoms with Crippen molar-refractivity contribution in [1.29, 1.82) is 0 Å². The molecule has 0 unspecified atom stereocenters. The molecule has 3 saturated heterocycles. The van der Waals surface area contributed by atoms with E-state index in [2.05, 4.69) is 4.90 Å². The van der Waals surface area contributed by atoms with Crippen LogP contribution in [0.5, 0.6) is 0 Å². The van der Waals surface area contributed by atoms with E-state index in [9.17, 15) is 9.90 Å². The van der Waals surface area contributed by atoms with Crippen LogP contribution in [0.2, 0.25) is 0 Å². The second-order valence-electron chi connectivity index (χ2n) is 7.44. The molecule has 1 saturated carbocycles. The lowest BCUT2D eigenvalue weighted by molar-refractivity contribution is -0.182. The van der Waals surface area contributed by atoms with Crippen LogP contribution in [0.1, 0.15) is 31.2 Å². The van der Waals surface area contributed by atoms with Crippen LogP contribution in [0.15, 0.2) is 30.3 Å². The van der Waals surface area contributed by atoms with E-state index in [4.69, 9.17) is 4.74 Å². The molecular weight excluding hydrogens is 290 g/mol. The molecule has 0 amide bonds. The smallest absolute Gasteiger partial charge is 0.339 e. The molecule has 3 heterocycles. The zero-order valence-electron chi connectivity index (χ0n) is 13.5. The number of esters is 1. The minimum atomic E-state index is -1.35. The quantitative estimate of drug-likeness (QED) is 0.845. The van der Waals surface area contributed by atoms with Crippen LogP contribution in [0.3, 0.4) is 0 Å². The second kappa shape index (κ2) is 5.91. The van der Waals surface area contributed by atoms with Gasteiger partial charge in [-0.1, -0.05) is 30.3 Å². The number of nitrogens with zero attached hydrogens (tertiary/aromatic N) is 1. The fraction of sp³-hybridized carbons (Fsp3) is 0.632. The van der Waals surface area contributed by atoms with E-state index in [1.807, 2.05) is 30.3 Å². The Bertz CT molecular complexity index is 563. The van der Waals surface area contributed by atoms with Gasteiger partial charge < -0.3 is 9.84 Å². The van der Waals surface area contributed by atoms with Gasteiger partial charge in [0.2, 0.25) is 0 Å². The molecule has 4 aliphatic rings. The van der Waals surface area contributed by atoms with E-state index < -0.39 is 11.6 Å². The summed E-state index contributed by atoms with van der Waals surface area (Å²) in [5, 5.41) is 11.1. The van der Waals surface area contributed by atoms with Crippen LogP contribution in [-0.4, -0.2) is 47.3 Å². The first-order valence-corrected chi connectivity index (χ1v) is 8.85. The highest BCUT2D eigenvalue weighted by molar-refractivity contribution is 5.81. The number of aliphatic hydroxyl groups is 1. The molecule has 2 bridgehead atoms. The number of ether oxygens (including phenoxy) is 1. The molecule has 1 N–H and O–H groups in total. The molecule has 5 rings (SSSR count). The zero-order chi connectivity index (χ0) is 15.9. The molecule has 1 aromatic rings. The summed E-state index contributed by atoms with van der Waals surface area (Å²) in [5.41, 5.74) is -0.360. The van der Waals surface area contributed by atoms with Crippen molar-refractivity contribution >= 4 is 5.97 Å². The Kier molecular flexibility index (Phi) is 3.90. The number of hydrogen-bond acceptors (Lipinski definition) is 4. The van der Waals surface area contributed by atoms with Gasteiger partial charge in [-0.3, -0.25) is 4.90 Å². The van der Waals surface area contributed by atoms with Crippen LogP contribution in [-0.2, 0) is 16.0 Å². The molecule has 4 heteroatoms. The minimum absolute atomic E-state index is 0.0361. The molecule has 1 aromatic carbocycles. The van der Waals surface area contributed by atoms with Crippen molar-refractivity contribution in [2.75, 3.05) is 19.6 Å². The molecule has 23 heavy (non-hydrogen) atoms. The summed E-state index contributed by atoms with van der Waals surface area (Å²) < 4.78 is 5.83. The first kappa shape index (κ1) is 15.2. The summed E-state index contributed by atoms with van der Waals surface area (Å²) in [5.74, 6) is 0.128.